The van der Waals surface area contributed by atoms with Crippen LogP contribution >= 0.6 is 0 Å². The molecule has 0 aromatic rings. The van der Waals surface area contributed by atoms with E-state index in [9.17, 15) is 0 Å². The summed E-state index contributed by atoms with van der Waals surface area (Å²) < 4.78 is 5.39. The SMILES string of the molecule is COC1CCN(C2=NCCN2)C(C)C1. The van der Waals surface area contributed by atoms with Crippen molar-refractivity contribution in [3.05, 3.63) is 0 Å². The predicted molar refractivity (Wildman–Crippen MR) is 56.5 cm³/mol. The third-order valence-electron chi connectivity index (χ3n) is 3.09. The van der Waals surface area contributed by atoms with Crippen LogP contribution in [0.15, 0.2) is 4.99 Å². The Balaban J connectivity index is 1.94. The molecule has 0 amide bonds. The third kappa shape index (κ3) is 1.85. The zero-order valence-corrected chi connectivity index (χ0v) is 8.99. The minimum Gasteiger partial charge on any atom is -0.381 e. The van der Waals surface area contributed by atoms with Crippen molar-refractivity contribution in [1.82, 2.24) is 10.2 Å². The van der Waals surface area contributed by atoms with Crippen molar-refractivity contribution in [2.45, 2.75) is 31.9 Å². The van der Waals surface area contributed by atoms with Crippen molar-refractivity contribution in [1.29, 1.82) is 0 Å². The van der Waals surface area contributed by atoms with Crippen LogP contribution in [0.4, 0.5) is 0 Å². The molecule has 1 saturated heterocycles. The van der Waals surface area contributed by atoms with E-state index in [1.165, 1.54) is 0 Å². The minimum atomic E-state index is 0.434. The van der Waals surface area contributed by atoms with Crippen LogP contribution in [0.1, 0.15) is 19.8 Å². The van der Waals surface area contributed by atoms with Gasteiger partial charge in [-0.2, -0.15) is 0 Å². The van der Waals surface area contributed by atoms with Crippen LogP contribution in [-0.4, -0.2) is 49.7 Å². The maximum Gasteiger partial charge on any atom is 0.194 e. The number of aliphatic imine (C=N–C) groups is 1. The molecule has 0 saturated carbocycles. The van der Waals surface area contributed by atoms with Crippen LogP contribution < -0.4 is 5.32 Å². The summed E-state index contributed by atoms with van der Waals surface area (Å²) >= 11 is 0. The van der Waals surface area contributed by atoms with Gasteiger partial charge in [-0.1, -0.05) is 0 Å². The second kappa shape index (κ2) is 4.17. The van der Waals surface area contributed by atoms with Crippen LogP contribution in [0.5, 0.6) is 0 Å². The van der Waals surface area contributed by atoms with E-state index in [1.807, 2.05) is 0 Å². The van der Waals surface area contributed by atoms with Gasteiger partial charge in [0.15, 0.2) is 5.96 Å². The van der Waals surface area contributed by atoms with Crippen molar-refractivity contribution in [2.24, 2.45) is 4.99 Å². The Kier molecular flexibility index (Phi) is 2.91. The van der Waals surface area contributed by atoms with Gasteiger partial charge in [-0.05, 0) is 19.8 Å². The first-order valence-electron chi connectivity index (χ1n) is 5.39. The lowest BCUT2D eigenvalue weighted by Gasteiger charge is -2.38. The Labute approximate surface area is 85.3 Å². The normalized spacial score (nSPS) is 32.7. The molecule has 2 rings (SSSR count). The molecule has 4 heteroatoms. The van der Waals surface area contributed by atoms with E-state index in [0.29, 0.717) is 12.1 Å². The number of likely N-dealkylation sites (tertiary alicyclic amines) is 1. The summed E-state index contributed by atoms with van der Waals surface area (Å²) in [6.45, 7) is 5.22. The number of nitrogens with zero attached hydrogens (tertiary/aromatic N) is 2. The topological polar surface area (TPSA) is 36.9 Å². The average molecular weight is 197 g/mol. The van der Waals surface area contributed by atoms with Gasteiger partial charge < -0.3 is 15.0 Å². The monoisotopic (exact) mass is 197 g/mol. The van der Waals surface area contributed by atoms with Gasteiger partial charge in [0.1, 0.15) is 0 Å². The Morgan fingerprint density at radius 3 is 3.00 bits per heavy atom. The van der Waals surface area contributed by atoms with E-state index in [0.717, 1.165) is 38.4 Å². The second-order valence-corrected chi connectivity index (χ2v) is 4.06. The Morgan fingerprint density at radius 1 is 1.57 bits per heavy atom. The Hall–Kier alpha value is -0.770. The van der Waals surface area contributed by atoms with Gasteiger partial charge in [0.05, 0.1) is 12.6 Å². The van der Waals surface area contributed by atoms with Crippen LogP contribution in [0.25, 0.3) is 0 Å². The molecule has 0 aromatic heterocycles. The van der Waals surface area contributed by atoms with Gasteiger partial charge in [-0.15, -0.1) is 0 Å². The van der Waals surface area contributed by atoms with Crippen LogP contribution in [0.3, 0.4) is 0 Å². The molecule has 0 aromatic carbocycles. The molecule has 80 valence electrons. The van der Waals surface area contributed by atoms with Gasteiger partial charge in [0.25, 0.3) is 0 Å². The molecular formula is C10H19N3O. The number of rotatable bonds is 1. The summed E-state index contributed by atoms with van der Waals surface area (Å²) in [5.41, 5.74) is 0. The molecule has 0 spiro atoms. The fourth-order valence-corrected chi connectivity index (χ4v) is 2.24. The highest BCUT2D eigenvalue weighted by Gasteiger charge is 2.28. The molecule has 2 aliphatic rings. The van der Waals surface area contributed by atoms with Crippen molar-refractivity contribution >= 4 is 5.96 Å². The highest BCUT2D eigenvalue weighted by Crippen LogP contribution is 2.19. The lowest BCUT2D eigenvalue weighted by molar-refractivity contribution is 0.0378. The zero-order chi connectivity index (χ0) is 9.97. The molecule has 0 aliphatic carbocycles. The first-order chi connectivity index (χ1) is 6.81. The molecule has 1 fully saturated rings. The summed E-state index contributed by atoms with van der Waals surface area (Å²) in [5.74, 6) is 1.09. The predicted octanol–water partition coefficient (Wildman–Crippen LogP) is 0.445. The van der Waals surface area contributed by atoms with E-state index in [-0.39, 0.29) is 0 Å². The van der Waals surface area contributed by atoms with Crippen LogP contribution in [0.2, 0.25) is 0 Å². The summed E-state index contributed by atoms with van der Waals surface area (Å²) in [6, 6.07) is 0.540. The van der Waals surface area contributed by atoms with E-state index in [2.05, 4.69) is 22.1 Å². The summed E-state index contributed by atoms with van der Waals surface area (Å²) in [7, 11) is 1.80. The molecule has 2 aliphatic heterocycles. The molecule has 14 heavy (non-hydrogen) atoms. The van der Waals surface area contributed by atoms with E-state index < -0.39 is 0 Å². The molecule has 2 heterocycles. The quantitative estimate of drug-likeness (QED) is 0.663. The Bertz CT molecular complexity index is 229. The number of methoxy groups -OCH3 is 1. The smallest absolute Gasteiger partial charge is 0.194 e. The summed E-state index contributed by atoms with van der Waals surface area (Å²) in [5, 5.41) is 3.32. The number of hydrogen-bond acceptors (Lipinski definition) is 4. The number of guanidine groups is 1. The van der Waals surface area contributed by atoms with Crippen molar-refractivity contribution in [3.8, 4) is 0 Å². The standard InChI is InChI=1S/C10H19N3O/c1-8-7-9(14-2)3-6-13(8)10-11-4-5-12-10/h8-9H,3-7H2,1-2H3,(H,11,12). The fourth-order valence-electron chi connectivity index (χ4n) is 2.24. The molecule has 2 unspecified atom stereocenters. The first-order valence-corrected chi connectivity index (χ1v) is 5.39. The number of piperidine rings is 1. The average Bonchev–Trinajstić information content (AvgIpc) is 2.70. The third-order valence-corrected chi connectivity index (χ3v) is 3.09. The minimum absolute atomic E-state index is 0.434. The highest BCUT2D eigenvalue weighted by molar-refractivity contribution is 5.81. The molecule has 0 bridgehead atoms. The second-order valence-electron chi connectivity index (χ2n) is 4.06. The van der Waals surface area contributed by atoms with E-state index in [1.54, 1.807) is 7.11 Å². The molecule has 1 N–H and O–H groups in total. The van der Waals surface area contributed by atoms with Crippen LogP contribution in [0, 0.1) is 0 Å². The summed E-state index contributed by atoms with van der Waals surface area (Å²) in [4.78, 5) is 6.81. The van der Waals surface area contributed by atoms with E-state index in [4.69, 9.17) is 4.74 Å². The number of nitrogens with one attached hydrogen (secondary N) is 1. The fraction of sp³-hybridized carbons (Fsp3) is 0.900. The zero-order valence-electron chi connectivity index (χ0n) is 8.99. The lowest BCUT2D eigenvalue weighted by Crippen LogP contribution is -2.50. The highest BCUT2D eigenvalue weighted by atomic mass is 16.5. The Morgan fingerprint density at radius 2 is 2.43 bits per heavy atom. The largest absolute Gasteiger partial charge is 0.381 e. The van der Waals surface area contributed by atoms with Crippen LogP contribution in [-0.2, 0) is 4.74 Å². The van der Waals surface area contributed by atoms with Gasteiger partial charge in [0.2, 0.25) is 0 Å². The number of hydrogen-bond donors (Lipinski definition) is 1. The maximum absolute atomic E-state index is 5.39. The molecular weight excluding hydrogens is 178 g/mol. The maximum atomic E-state index is 5.39. The summed E-state index contributed by atoms with van der Waals surface area (Å²) in [6.07, 6.45) is 2.65. The van der Waals surface area contributed by atoms with Gasteiger partial charge in [-0.3, -0.25) is 4.99 Å². The first kappa shape index (κ1) is 9.77. The van der Waals surface area contributed by atoms with Gasteiger partial charge in [0, 0.05) is 26.2 Å². The van der Waals surface area contributed by atoms with E-state index >= 15 is 0 Å². The number of ether oxygens (including phenoxy) is 1. The van der Waals surface area contributed by atoms with Gasteiger partial charge in [-0.25, -0.2) is 0 Å². The van der Waals surface area contributed by atoms with Crippen molar-refractivity contribution in [3.63, 3.8) is 0 Å². The molecule has 2 atom stereocenters. The van der Waals surface area contributed by atoms with Crippen molar-refractivity contribution < 1.29 is 4.74 Å². The van der Waals surface area contributed by atoms with Crippen molar-refractivity contribution in [2.75, 3.05) is 26.7 Å². The molecule has 0 radical (unpaired) electrons. The molecule has 4 nitrogen and oxygen atoms in total. The van der Waals surface area contributed by atoms with Gasteiger partial charge >= 0.3 is 0 Å². The lowest BCUT2D eigenvalue weighted by atomic mass is 10.0.